The van der Waals surface area contributed by atoms with E-state index in [2.05, 4.69) is 67.2 Å². The van der Waals surface area contributed by atoms with Crippen molar-refractivity contribution in [3.05, 3.63) is 29.8 Å². The first-order valence-electron chi connectivity index (χ1n) is 8.31. The van der Waals surface area contributed by atoms with Gasteiger partial charge in [0, 0.05) is 31.4 Å². The lowest BCUT2D eigenvalue weighted by atomic mass is 10.1. The van der Waals surface area contributed by atoms with E-state index in [9.17, 15) is 0 Å². The van der Waals surface area contributed by atoms with Crippen LogP contribution in [0.4, 0.5) is 5.69 Å². The summed E-state index contributed by atoms with van der Waals surface area (Å²) in [6, 6.07) is 9.69. The second-order valence-electron chi connectivity index (χ2n) is 6.85. The molecule has 1 aliphatic heterocycles. The van der Waals surface area contributed by atoms with Gasteiger partial charge >= 0.3 is 0 Å². The number of nitrogens with zero attached hydrogens (tertiary/aromatic N) is 2. The van der Waals surface area contributed by atoms with Crippen LogP contribution in [-0.4, -0.2) is 44.2 Å². The first-order chi connectivity index (χ1) is 10.1. The summed E-state index contributed by atoms with van der Waals surface area (Å²) in [7, 11) is 2.23. The monoisotopic (exact) mass is 289 g/mol. The molecule has 0 radical (unpaired) electrons. The topological polar surface area (TPSA) is 18.5 Å². The molecule has 3 nitrogen and oxygen atoms in total. The van der Waals surface area contributed by atoms with Crippen LogP contribution in [0.2, 0.25) is 0 Å². The van der Waals surface area contributed by atoms with E-state index in [1.54, 1.807) is 0 Å². The predicted molar refractivity (Wildman–Crippen MR) is 91.9 cm³/mol. The Morgan fingerprint density at radius 1 is 1.19 bits per heavy atom. The molecule has 0 spiro atoms. The zero-order valence-corrected chi connectivity index (χ0v) is 14.1. The highest BCUT2D eigenvalue weighted by atomic mass is 15.2. The van der Waals surface area contributed by atoms with Gasteiger partial charge in [-0.25, -0.2) is 0 Å². The maximum atomic E-state index is 3.50. The zero-order chi connectivity index (χ0) is 15.2. The van der Waals surface area contributed by atoms with Crippen LogP contribution in [0.1, 0.15) is 32.8 Å². The van der Waals surface area contributed by atoms with E-state index < -0.39 is 0 Å². The van der Waals surface area contributed by atoms with Gasteiger partial charge in [-0.15, -0.1) is 0 Å². The lowest BCUT2D eigenvalue weighted by Crippen LogP contribution is -2.37. The maximum absolute atomic E-state index is 3.50. The third-order valence-corrected chi connectivity index (χ3v) is 4.20. The quantitative estimate of drug-likeness (QED) is 0.899. The van der Waals surface area contributed by atoms with Crippen molar-refractivity contribution in [3.8, 4) is 0 Å². The molecular formula is C18H31N3. The van der Waals surface area contributed by atoms with Gasteiger partial charge in [-0.1, -0.05) is 26.0 Å². The number of benzene rings is 1. The molecular weight excluding hydrogens is 258 g/mol. The third-order valence-electron chi connectivity index (χ3n) is 4.20. The summed E-state index contributed by atoms with van der Waals surface area (Å²) in [6.07, 6.45) is 1.25. The largest absolute Gasteiger partial charge is 0.367 e. The van der Waals surface area contributed by atoms with E-state index in [4.69, 9.17) is 0 Å². The molecule has 1 unspecified atom stereocenters. The molecule has 0 bridgehead atoms. The highest BCUT2D eigenvalue weighted by Crippen LogP contribution is 2.20. The van der Waals surface area contributed by atoms with Crippen LogP contribution in [0.25, 0.3) is 0 Å². The average molecular weight is 289 g/mol. The molecule has 3 heteroatoms. The van der Waals surface area contributed by atoms with Gasteiger partial charge in [-0.2, -0.15) is 0 Å². The minimum Gasteiger partial charge on any atom is -0.367 e. The van der Waals surface area contributed by atoms with Gasteiger partial charge in [0.05, 0.1) is 0 Å². The third kappa shape index (κ3) is 5.01. The van der Waals surface area contributed by atoms with Gasteiger partial charge in [0.2, 0.25) is 0 Å². The first kappa shape index (κ1) is 16.3. The predicted octanol–water partition coefficient (Wildman–Crippen LogP) is 2.96. The fourth-order valence-corrected chi connectivity index (χ4v) is 3.07. The van der Waals surface area contributed by atoms with Crippen LogP contribution < -0.4 is 10.2 Å². The molecule has 1 aromatic rings. The van der Waals surface area contributed by atoms with Gasteiger partial charge in [-0.3, -0.25) is 0 Å². The van der Waals surface area contributed by atoms with Crippen LogP contribution in [0.15, 0.2) is 24.3 Å². The van der Waals surface area contributed by atoms with Gasteiger partial charge < -0.3 is 15.1 Å². The summed E-state index contributed by atoms with van der Waals surface area (Å²) in [6.45, 7) is 12.4. The minimum absolute atomic E-state index is 0.586. The van der Waals surface area contributed by atoms with E-state index in [-0.39, 0.29) is 0 Å². The van der Waals surface area contributed by atoms with Crippen LogP contribution in [-0.2, 0) is 6.54 Å². The molecule has 0 aromatic heterocycles. The Labute approximate surface area is 130 Å². The van der Waals surface area contributed by atoms with Gasteiger partial charge in [0.1, 0.15) is 0 Å². The number of rotatable bonds is 5. The fourth-order valence-electron chi connectivity index (χ4n) is 3.07. The van der Waals surface area contributed by atoms with E-state index in [0.717, 1.165) is 26.2 Å². The average Bonchev–Trinajstić information content (AvgIpc) is 2.60. The van der Waals surface area contributed by atoms with Gasteiger partial charge in [0.25, 0.3) is 0 Å². The summed E-state index contributed by atoms with van der Waals surface area (Å²) < 4.78 is 0. The van der Waals surface area contributed by atoms with Crippen molar-refractivity contribution < 1.29 is 0 Å². The Hall–Kier alpha value is -1.06. The maximum Gasteiger partial charge on any atom is 0.0388 e. The molecule has 1 N–H and O–H groups in total. The van der Waals surface area contributed by atoms with E-state index in [0.29, 0.717) is 12.0 Å². The molecule has 0 amide bonds. The molecule has 1 fully saturated rings. The van der Waals surface area contributed by atoms with E-state index in [1.165, 1.54) is 24.2 Å². The summed E-state index contributed by atoms with van der Waals surface area (Å²) in [5, 5.41) is 3.50. The minimum atomic E-state index is 0.586. The van der Waals surface area contributed by atoms with Crippen molar-refractivity contribution in [1.82, 2.24) is 10.2 Å². The van der Waals surface area contributed by atoms with Crippen LogP contribution in [0.3, 0.4) is 0 Å². The summed E-state index contributed by atoms with van der Waals surface area (Å²) in [5.74, 6) is 0.708. The molecule has 0 saturated carbocycles. The van der Waals surface area contributed by atoms with Gasteiger partial charge in [-0.05, 0) is 57.1 Å². The number of hydrogen-bond acceptors (Lipinski definition) is 3. The van der Waals surface area contributed by atoms with Crippen molar-refractivity contribution in [1.29, 1.82) is 0 Å². The highest BCUT2D eigenvalue weighted by molar-refractivity contribution is 5.48. The van der Waals surface area contributed by atoms with Crippen molar-refractivity contribution >= 4 is 5.69 Å². The lowest BCUT2D eigenvalue weighted by Gasteiger charge is -2.30. The summed E-state index contributed by atoms with van der Waals surface area (Å²) in [5.41, 5.74) is 2.74. The lowest BCUT2D eigenvalue weighted by molar-refractivity contribution is 0.337. The van der Waals surface area contributed by atoms with Crippen molar-refractivity contribution in [3.63, 3.8) is 0 Å². The Morgan fingerprint density at radius 3 is 2.57 bits per heavy atom. The molecule has 1 atom stereocenters. The standard InChI is InChI=1S/C18H31N3/c1-15(2)12-19-13-17-6-8-18(9-7-17)21-11-5-10-20(4)14-16(21)3/h6-9,15-16,19H,5,10-14H2,1-4H3. The van der Waals surface area contributed by atoms with Crippen molar-refractivity contribution in [2.45, 2.75) is 39.8 Å². The normalized spacial score (nSPS) is 20.8. The summed E-state index contributed by atoms with van der Waals surface area (Å²) >= 11 is 0. The SMILES string of the molecule is CC(C)CNCc1ccc(N2CCCN(C)CC2C)cc1. The number of anilines is 1. The van der Waals surface area contributed by atoms with Crippen molar-refractivity contribution in [2.24, 2.45) is 5.92 Å². The van der Waals surface area contributed by atoms with Crippen LogP contribution in [0.5, 0.6) is 0 Å². The summed E-state index contributed by atoms with van der Waals surface area (Å²) in [4.78, 5) is 4.99. The number of nitrogens with one attached hydrogen (secondary N) is 1. The molecule has 2 rings (SSSR count). The van der Waals surface area contributed by atoms with Crippen LogP contribution >= 0.6 is 0 Å². The molecule has 1 heterocycles. The second-order valence-corrected chi connectivity index (χ2v) is 6.85. The molecule has 1 aliphatic rings. The highest BCUT2D eigenvalue weighted by Gasteiger charge is 2.19. The smallest absolute Gasteiger partial charge is 0.0388 e. The number of hydrogen-bond donors (Lipinski definition) is 1. The van der Waals surface area contributed by atoms with Crippen LogP contribution in [0, 0.1) is 5.92 Å². The zero-order valence-electron chi connectivity index (χ0n) is 14.1. The van der Waals surface area contributed by atoms with Gasteiger partial charge in [0.15, 0.2) is 0 Å². The number of likely N-dealkylation sites (N-methyl/N-ethyl adjacent to an activating group) is 1. The second kappa shape index (κ2) is 7.81. The molecule has 21 heavy (non-hydrogen) atoms. The molecule has 1 saturated heterocycles. The molecule has 1 aromatic carbocycles. The van der Waals surface area contributed by atoms with E-state index >= 15 is 0 Å². The Kier molecular flexibility index (Phi) is 6.07. The Morgan fingerprint density at radius 2 is 1.90 bits per heavy atom. The first-order valence-corrected chi connectivity index (χ1v) is 8.31. The van der Waals surface area contributed by atoms with E-state index in [1.807, 2.05) is 0 Å². The fraction of sp³-hybridized carbons (Fsp3) is 0.667. The molecule has 118 valence electrons. The Bertz CT molecular complexity index is 413. The molecule has 0 aliphatic carbocycles. The van der Waals surface area contributed by atoms with Crippen molar-refractivity contribution in [2.75, 3.05) is 38.1 Å². The Balaban J connectivity index is 1.94.